The Hall–Kier alpha value is -3.06. The Bertz CT molecular complexity index is 1280. The predicted octanol–water partition coefficient (Wildman–Crippen LogP) is 3.69. The molecule has 1 saturated heterocycles. The van der Waals surface area contributed by atoms with Crippen molar-refractivity contribution in [2.24, 2.45) is 5.92 Å². The minimum atomic E-state index is -4.52. The normalized spacial score (nSPS) is 24.4. The molecule has 5 rings (SSSR count). The number of carboxylic acids is 1. The number of carbonyl (C=O) groups is 3. The summed E-state index contributed by atoms with van der Waals surface area (Å²) in [5.74, 6) is -1.61. The fourth-order valence-corrected chi connectivity index (χ4v) is 6.99. The second-order valence-corrected chi connectivity index (χ2v) is 11.5. The van der Waals surface area contributed by atoms with Crippen LogP contribution in [0.25, 0.3) is 0 Å². The van der Waals surface area contributed by atoms with Crippen molar-refractivity contribution in [1.29, 1.82) is 0 Å². The third kappa shape index (κ3) is 5.51. The van der Waals surface area contributed by atoms with E-state index in [1.807, 2.05) is 0 Å². The first-order valence-electron chi connectivity index (χ1n) is 13.0. The highest BCUT2D eigenvalue weighted by molar-refractivity contribution is 7.14. The second kappa shape index (κ2) is 10.5. The molecule has 2 aromatic rings. The van der Waals surface area contributed by atoms with Crippen LogP contribution in [0.4, 0.5) is 18.3 Å². The minimum Gasteiger partial charge on any atom is -0.481 e. The van der Waals surface area contributed by atoms with Gasteiger partial charge in [0.1, 0.15) is 0 Å². The molecule has 2 unspecified atom stereocenters. The van der Waals surface area contributed by atoms with Gasteiger partial charge in [-0.05, 0) is 56.8 Å². The monoisotopic (exact) mass is 565 g/mol. The first-order chi connectivity index (χ1) is 18.5. The molecule has 4 heterocycles. The molecule has 0 spiro atoms. The quantitative estimate of drug-likeness (QED) is 0.568. The van der Waals surface area contributed by atoms with Gasteiger partial charge in [-0.3, -0.25) is 19.4 Å². The molecule has 1 aliphatic carbocycles. The number of carboxylic acid groups (broad SMARTS) is 1. The smallest absolute Gasteiger partial charge is 0.417 e. The number of alkyl halides is 3. The van der Waals surface area contributed by atoms with Crippen LogP contribution >= 0.6 is 11.3 Å². The number of aliphatic carboxylic acids is 1. The molecular formula is C26H30F3N5O4S. The van der Waals surface area contributed by atoms with Crippen molar-refractivity contribution in [3.63, 3.8) is 0 Å². The molecule has 39 heavy (non-hydrogen) atoms. The average Bonchev–Trinajstić information content (AvgIpc) is 3.55. The van der Waals surface area contributed by atoms with E-state index in [-0.39, 0.29) is 30.3 Å². The number of pyridine rings is 1. The molecule has 9 nitrogen and oxygen atoms in total. The van der Waals surface area contributed by atoms with E-state index in [1.54, 1.807) is 10.3 Å². The second-order valence-electron chi connectivity index (χ2n) is 10.7. The first kappa shape index (κ1) is 27.5. The Morgan fingerprint density at radius 3 is 2.59 bits per heavy atom. The van der Waals surface area contributed by atoms with Gasteiger partial charge in [0.15, 0.2) is 5.13 Å². The molecule has 13 heteroatoms. The van der Waals surface area contributed by atoms with Gasteiger partial charge in [-0.15, -0.1) is 11.3 Å². The van der Waals surface area contributed by atoms with Gasteiger partial charge in [-0.1, -0.05) is 0 Å². The molecule has 2 fully saturated rings. The number of likely N-dealkylation sites (tertiary alicyclic amines) is 1. The summed E-state index contributed by atoms with van der Waals surface area (Å²) in [7, 11) is 0. The lowest BCUT2D eigenvalue weighted by Gasteiger charge is -2.38. The summed E-state index contributed by atoms with van der Waals surface area (Å²) in [6.45, 7) is 3.00. The Kier molecular flexibility index (Phi) is 7.40. The Morgan fingerprint density at radius 1 is 1.18 bits per heavy atom. The molecule has 2 aliphatic heterocycles. The number of fused-ring (bicyclic) bond motifs is 1. The zero-order valence-corrected chi connectivity index (χ0v) is 22.3. The van der Waals surface area contributed by atoms with Gasteiger partial charge < -0.3 is 20.2 Å². The lowest BCUT2D eigenvalue weighted by molar-refractivity contribution is -0.143. The van der Waals surface area contributed by atoms with Crippen molar-refractivity contribution < 1.29 is 32.7 Å². The van der Waals surface area contributed by atoms with Gasteiger partial charge in [0.2, 0.25) is 11.8 Å². The lowest BCUT2D eigenvalue weighted by atomic mass is 9.80. The molecule has 0 bridgehead atoms. The highest BCUT2D eigenvalue weighted by Crippen LogP contribution is 2.46. The van der Waals surface area contributed by atoms with Gasteiger partial charge in [-0.25, -0.2) is 4.98 Å². The summed E-state index contributed by atoms with van der Waals surface area (Å²) in [5, 5.41) is 14.2. The molecule has 0 aromatic carbocycles. The van der Waals surface area contributed by atoms with E-state index >= 15 is 0 Å². The van der Waals surface area contributed by atoms with E-state index in [0.29, 0.717) is 80.2 Å². The maximum atomic E-state index is 14.3. The van der Waals surface area contributed by atoms with E-state index in [9.17, 15) is 32.7 Å². The van der Waals surface area contributed by atoms with Crippen LogP contribution in [0.2, 0.25) is 0 Å². The number of aromatic nitrogens is 2. The third-order valence-electron chi connectivity index (χ3n) is 8.22. The van der Waals surface area contributed by atoms with Crippen LogP contribution < -0.4 is 5.32 Å². The zero-order valence-electron chi connectivity index (χ0n) is 21.5. The number of carbonyl (C=O) groups excluding carboxylic acids is 2. The number of thiazole rings is 1. The fourth-order valence-electron chi connectivity index (χ4n) is 6.14. The van der Waals surface area contributed by atoms with Crippen LogP contribution in [0.5, 0.6) is 0 Å². The third-order valence-corrected chi connectivity index (χ3v) is 8.98. The van der Waals surface area contributed by atoms with E-state index in [2.05, 4.69) is 20.2 Å². The predicted molar refractivity (Wildman–Crippen MR) is 136 cm³/mol. The van der Waals surface area contributed by atoms with Crippen molar-refractivity contribution in [3.8, 4) is 0 Å². The average molecular weight is 566 g/mol. The Morgan fingerprint density at radius 2 is 1.92 bits per heavy atom. The summed E-state index contributed by atoms with van der Waals surface area (Å²) in [5.41, 5.74) is -0.323. The summed E-state index contributed by atoms with van der Waals surface area (Å²) < 4.78 is 40.0. The maximum Gasteiger partial charge on any atom is 0.417 e. The first-order valence-corrected chi connectivity index (χ1v) is 13.9. The number of anilines is 1. The van der Waals surface area contributed by atoms with Crippen molar-refractivity contribution in [1.82, 2.24) is 19.8 Å². The largest absolute Gasteiger partial charge is 0.481 e. The van der Waals surface area contributed by atoms with Crippen LogP contribution in [0.1, 0.15) is 61.5 Å². The molecule has 2 amide bonds. The highest BCUT2D eigenvalue weighted by Gasteiger charge is 2.52. The fraction of sp³-hybridized carbons (Fsp3) is 0.577. The van der Waals surface area contributed by atoms with Gasteiger partial charge in [0, 0.05) is 49.7 Å². The number of rotatable bonds is 5. The SMILES string of the molecule is CC(=O)Nc1nc(C2(C(=O)N3CCc4ncc(C(F)(F)F)cc4C3)CCC(N3CCC(C(=O)O)CC3)C2)cs1. The van der Waals surface area contributed by atoms with Gasteiger partial charge in [-0.2, -0.15) is 13.2 Å². The number of halogens is 3. The summed E-state index contributed by atoms with van der Waals surface area (Å²) in [6.07, 6.45) is -0.550. The molecule has 2 N–H and O–H groups in total. The van der Waals surface area contributed by atoms with Crippen LogP contribution in [-0.2, 0) is 38.9 Å². The number of nitrogens with zero attached hydrogens (tertiary/aromatic N) is 4. The lowest BCUT2D eigenvalue weighted by Crippen LogP contribution is -2.49. The van der Waals surface area contributed by atoms with Crippen molar-refractivity contribution in [3.05, 3.63) is 40.2 Å². The summed E-state index contributed by atoms with van der Waals surface area (Å²) in [6, 6.07) is 1.13. The molecular weight excluding hydrogens is 535 g/mol. The summed E-state index contributed by atoms with van der Waals surface area (Å²) >= 11 is 1.23. The van der Waals surface area contributed by atoms with Crippen molar-refractivity contribution >= 4 is 34.3 Å². The maximum absolute atomic E-state index is 14.3. The molecule has 3 aliphatic rings. The summed E-state index contributed by atoms with van der Waals surface area (Å²) in [4.78, 5) is 49.8. The van der Waals surface area contributed by atoms with Crippen molar-refractivity contribution in [2.45, 2.75) is 69.6 Å². The molecule has 2 aromatic heterocycles. The van der Waals surface area contributed by atoms with Crippen LogP contribution in [0.15, 0.2) is 17.6 Å². The van der Waals surface area contributed by atoms with E-state index in [0.717, 1.165) is 12.3 Å². The molecule has 0 radical (unpaired) electrons. The van der Waals surface area contributed by atoms with E-state index in [1.165, 1.54) is 18.3 Å². The highest BCUT2D eigenvalue weighted by atomic mass is 32.1. The number of piperidine rings is 1. The number of nitrogens with one attached hydrogen (secondary N) is 1. The van der Waals surface area contributed by atoms with Crippen molar-refractivity contribution in [2.75, 3.05) is 25.0 Å². The Labute approximate surface area is 227 Å². The zero-order chi connectivity index (χ0) is 27.9. The molecule has 1 saturated carbocycles. The standard InChI is InChI=1S/C26H30F3N5O4S/c1-15(35)31-24-32-21(14-39-24)25(6-2-19(11-25)33-7-3-16(4-8-33)22(36)37)23(38)34-9-5-20-17(13-34)10-18(12-30-20)26(27,28)29/h10,12,14,16,19H,2-9,11,13H2,1H3,(H,36,37)(H,31,32,35). The van der Waals surface area contributed by atoms with Gasteiger partial charge in [0.25, 0.3) is 0 Å². The number of amides is 2. The van der Waals surface area contributed by atoms with Crippen LogP contribution in [0, 0.1) is 5.92 Å². The minimum absolute atomic E-state index is 0.0319. The van der Waals surface area contributed by atoms with Crippen LogP contribution in [-0.4, -0.2) is 68.3 Å². The van der Waals surface area contributed by atoms with Crippen LogP contribution in [0.3, 0.4) is 0 Å². The number of hydrogen-bond acceptors (Lipinski definition) is 7. The topological polar surface area (TPSA) is 116 Å². The number of hydrogen-bond donors (Lipinski definition) is 2. The molecule has 210 valence electrons. The van der Waals surface area contributed by atoms with Gasteiger partial charge in [0.05, 0.1) is 22.6 Å². The Balaban J connectivity index is 1.41. The van der Waals surface area contributed by atoms with Gasteiger partial charge >= 0.3 is 12.1 Å². The van der Waals surface area contributed by atoms with E-state index in [4.69, 9.17) is 0 Å². The molecule has 2 atom stereocenters. The van der Waals surface area contributed by atoms with E-state index < -0.39 is 23.1 Å².